The van der Waals surface area contributed by atoms with Gasteiger partial charge in [0.2, 0.25) is 0 Å². The van der Waals surface area contributed by atoms with E-state index < -0.39 is 15.1 Å². The van der Waals surface area contributed by atoms with Crippen molar-refractivity contribution in [3.63, 3.8) is 0 Å². The van der Waals surface area contributed by atoms with Crippen LogP contribution in [0.2, 0.25) is 0 Å². The SMILES string of the molecule is C[C@H]1O[C@H](c2ccccc2)C[C@@H]1S(=O)(=O)c1ccccc1. The molecule has 0 spiro atoms. The molecule has 3 atom stereocenters. The van der Waals surface area contributed by atoms with E-state index in [1.54, 1.807) is 24.3 Å². The zero-order chi connectivity index (χ0) is 14.9. The van der Waals surface area contributed by atoms with Gasteiger partial charge in [-0.2, -0.15) is 0 Å². The second-order valence-corrected chi connectivity index (χ2v) is 7.54. The molecule has 0 aromatic heterocycles. The second kappa shape index (κ2) is 5.62. The molecule has 0 radical (unpaired) electrons. The Bertz CT molecular complexity index is 695. The predicted octanol–water partition coefficient (Wildman–Crippen LogP) is 3.38. The summed E-state index contributed by atoms with van der Waals surface area (Å²) in [5.41, 5.74) is 1.04. The summed E-state index contributed by atoms with van der Waals surface area (Å²) in [7, 11) is -3.35. The van der Waals surface area contributed by atoms with E-state index >= 15 is 0 Å². The summed E-state index contributed by atoms with van der Waals surface area (Å²) in [5.74, 6) is 0. The smallest absolute Gasteiger partial charge is 0.183 e. The van der Waals surface area contributed by atoms with Crippen LogP contribution in [0.4, 0.5) is 0 Å². The number of hydrogen-bond donors (Lipinski definition) is 0. The normalized spacial score (nSPS) is 25.9. The summed E-state index contributed by atoms with van der Waals surface area (Å²) in [6, 6.07) is 18.4. The molecule has 110 valence electrons. The molecule has 0 N–H and O–H groups in total. The first-order valence-corrected chi connectivity index (χ1v) is 8.63. The molecule has 21 heavy (non-hydrogen) atoms. The van der Waals surface area contributed by atoms with E-state index in [4.69, 9.17) is 4.74 Å². The standard InChI is InChI=1S/C17H18O3S/c1-13-17(21(18,19)15-10-6-3-7-11-15)12-16(20-13)14-8-4-2-5-9-14/h2-11,13,16-17H,12H2,1H3/t13-,16+,17+/m1/s1. The van der Waals surface area contributed by atoms with Crippen molar-refractivity contribution in [2.75, 3.05) is 0 Å². The van der Waals surface area contributed by atoms with Crippen LogP contribution in [0, 0.1) is 0 Å². The van der Waals surface area contributed by atoms with Crippen molar-refractivity contribution in [2.24, 2.45) is 0 Å². The fourth-order valence-electron chi connectivity index (χ4n) is 2.85. The van der Waals surface area contributed by atoms with Gasteiger partial charge in [-0.1, -0.05) is 48.5 Å². The Morgan fingerprint density at radius 2 is 1.52 bits per heavy atom. The molecule has 1 heterocycles. The molecule has 1 aliphatic heterocycles. The number of ether oxygens (including phenoxy) is 1. The molecule has 1 saturated heterocycles. The predicted molar refractivity (Wildman–Crippen MR) is 81.8 cm³/mol. The summed E-state index contributed by atoms with van der Waals surface area (Å²) in [6.07, 6.45) is 0.0488. The molecule has 0 unspecified atom stereocenters. The first-order chi connectivity index (χ1) is 10.1. The molecular formula is C17H18O3S. The minimum absolute atomic E-state index is 0.148. The van der Waals surface area contributed by atoms with Crippen LogP contribution in [-0.2, 0) is 14.6 Å². The van der Waals surface area contributed by atoms with Crippen molar-refractivity contribution < 1.29 is 13.2 Å². The Morgan fingerprint density at radius 1 is 0.952 bits per heavy atom. The van der Waals surface area contributed by atoms with Crippen molar-refractivity contribution in [1.29, 1.82) is 0 Å². The third-order valence-corrected chi connectivity index (χ3v) is 6.29. The average molecular weight is 302 g/mol. The van der Waals surface area contributed by atoms with Gasteiger partial charge in [-0.3, -0.25) is 0 Å². The summed E-state index contributed by atoms with van der Waals surface area (Å²) in [5, 5.41) is -0.495. The van der Waals surface area contributed by atoms with Crippen molar-refractivity contribution in [2.45, 2.75) is 35.7 Å². The minimum Gasteiger partial charge on any atom is -0.369 e. The van der Waals surface area contributed by atoms with Crippen LogP contribution < -0.4 is 0 Å². The van der Waals surface area contributed by atoms with Crippen LogP contribution in [0.15, 0.2) is 65.6 Å². The number of benzene rings is 2. The summed E-state index contributed by atoms with van der Waals surface area (Å²) >= 11 is 0. The van der Waals surface area contributed by atoms with Gasteiger partial charge in [-0.15, -0.1) is 0 Å². The lowest BCUT2D eigenvalue weighted by atomic mass is 10.1. The highest BCUT2D eigenvalue weighted by atomic mass is 32.2. The van der Waals surface area contributed by atoms with Gasteiger partial charge in [0.05, 0.1) is 22.4 Å². The first-order valence-electron chi connectivity index (χ1n) is 7.08. The Balaban J connectivity index is 1.87. The quantitative estimate of drug-likeness (QED) is 0.873. The fraction of sp³-hybridized carbons (Fsp3) is 0.294. The van der Waals surface area contributed by atoms with Crippen LogP contribution in [0.1, 0.15) is 25.0 Å². The molecule has 0 aliphatic carbocycles. The lowest BCUT2D eigenvalue weighted by molar-refractivity contribution is 0.0561. The maximum atomic E-state index is 12.7. The molecule has 2 aromatic carbocycles. The van der Waals surface area contributed by atoms with E-state index in [1.165, 1.54) is 0 Å². The van der Waals surface area contributed by atoms with Crippen LogP contribution in [0.3, 0.4) is 0 Å². The monoisotopic (exact) mass is 302 g/mol. The highest BCUT2D eigenvalue weighted by Crippen LogP contribution is 2.38. The van der Waals surface area contributed by atoms with Gasteiger partial charge in [0.1, 0.15) is 0 Å². The molecular weight excluding hydrogens is 284 g/mol. The van der Waals surface area contributed by atoms with Crippen molar-refractivity contribution >= 4 is 9.84 Å². The fourth-order valence-corrected chi connectivity index (χ4v) is 4.73. The molecule has 1 fully saturated rings. The molecule has 1 aliphatic rings. The second-order valence-electron chi connectivity index (χ2n) is 5.37. The maximum Gasteiger partial charge on any atom is 0.183 e. The molecule has 3 nitrogen and oxygen atoms in total. The first kappa shape index (κ1) is 14.3. The minimum atomic E-state index is -3.35. The Kier molecular flexibility index (Phi) is 3.83. The zero-order valence-corrected chi connectivity index (χ0v) is 12.7. The van der Waals surface area contributed by atoms with Crippen molar-refractivity contribution in [3.8, 4) is 0 Å². The summed E-state index contributed by atoms with van der Waals surface area (Å²) in [6.45, 7) is 1.84. The molecule has 4 heteroatoms. The van der Waals surface area contributed by atoms with Gasteiger partial charge in [0.25, 0.3) is 0 Å². The van der Waals surface area contributed by atoms with Gasteiger partial charge in [0.15, 0.2) is 9.84 Å². The van der Waals surface area contributed by atoms with E-state index in [9.17, 15) is 8.42 Å². The van der Waals surface area contributed by atoms with Gasteiger partial charge >= 0.3 is 0 Å². The molecule has 0 amide bonds. The average Bonchev–Trinajstić information content (AvgIpc) is 2.92. The number of sulfone groups is 1. The maximum absolute atomic E-state index is 12.7. The lowest BCUT2D eigenvalue weighted by Gasteiger charge is -2.14. The number of rotatable bonds is 3. The largest absolute Gasteiger partial charge is 0.369 e. The van der Waals surface area contributed by atoms with Crippen LogP contribution in [-0.4, -0.2) is 19.8 Å². The Labute approximate surface area is 125 Å². The van der Waals surface area contributed by atoms with Crippen LogP contribution >= 0.6 is 0 Å². The van der Waals surface area contributed by atoms with E-state index in [0.717, 1.165) is 5.56 Å². The molecule has 2 aromatic rings. The van der Waals surface area contributed by atoms with Gasteiger partial charge < -0.3 is 4.74 Å². The summed E-state index contributed by atoms with van der Waals surface area (Å²) in [4.78, 5) is 0.374. The van der Waals surface area contributed by atoms with Crippen molar-refractivity contribution in [3.05, 3.63) is 66.2 Å². The van der Waals surface area contributed by atoms with Gasteiger partial charge in [0, 0.05) is 0 Å². The third-order valence-electron chi connectivity index (χ3n) is 3.99. The topological polar surface area (TPSA) is 43.4 Å². The zero-order valence-electron chi connectivity index (χ0n) is 11.8. The van der Waals surface area contributed by atoms with Gasteiger partial charge in [-0.05, 0) is 31.0 Å². The summed E-state index contributed by atoms with van der Waals surface area (Å²) < 4.78 is 31.4. The highest BCUT2D eigenvalue weighted by Gasteiger charge is 2.41. The molecule has 0 bridgehead atoms. The van der Waals surface area contributed by atoms with Crippen LogP contribution in [0.5, 0.6) is 0 Å². The van der Waals surface area contributed by atoms with E-state index in [-0.39, 0.29) is 12.2 Å². The number of hydrogen-bond acceptors (Lipinski definition) is 3. The van der Waals surface area contributed by atoms with E-state index in [0.29, 0.717) is 11.3 Å². The third kappa shape index (κ3) is 2.74. The van der Waals surface area contributed by atoms with Crippen LogP contribution in [0.25, 0.3) is 0 Å². The van der Waals surface area contributed by atoms with E-state index in [1.807, 2.05) is 43.3 Å². The van der Waals surface area contributed by atoms with Gasteiger partial charge in [-0.25, -0.2) is 8.42 Å². The Hall–Kier alpha value is -1.65. The molecule has 0 saturated carbocycles. The Morgan fingerprint density at radius 3 is 2.14 bits per heavy atom. The molecule has 3 rings (SSSR count). The van der Waals surface area contributed by atoms with E-state index in [2.05, 4.69) is 0 Å². The highest BCUT2D eigenvalue weighted by molar-refractivity contribution is 7.92. The lowest BCUT2D eigenvalue weighted by Crippen LogP contribution is -2.27. The van der Waals surface area contributed by atoms with Crippen molar-refractivity contribution in [1.82, 2.24) is 0 Å².